The molecule has 0 aromatic carbocycles. The van der Waals surface area contributed by atoms with Gasteiger partial charge < -0.3 is 30.1 Å². The summed E-state index contributed by atoms with van der Waals surface area (Å²) in [6.45, 7) is 28.2. The first-order chi connectivity index (χ1) is 20.7. The van der Waals surface area contributed by atoms with E-state index in [4.69, 9.17) is 10.5 Å². The number of carbonyl (C=O) groups excluding carboxylic acids is 3. The highest BCUT2D eigenvalue weighted by Gasteiger charge is 2.29. The van der Waals surface area contributed by atoms with Gasteiger partial charge in [-0.15, -0.1) is 0 Å². The molecule has 0 saturated carbocycles. The van der Waals surface area contributed by atoms with Crippen LogP contribution in [0.5, 0.6) is 0 Å². The molecule has 0 unspecified atom stereocenters. The van der Waals surface area contributed by atoms with Crippen molar-refractivity contribution in [2.45, 2.75) is 80.7 Å². The Morgan fingerprint density at radius 3 is 1.58 bits per heavy atom. The molecule has 0 aromatic rings. The monoisotopic (exact) mass is 616 g/mol. The van der Waals surface area contributed by atoms with Gasteiger partial charge in [-0.2, -0.15) is 0 Å². The van der Waals surface area contributed by atoms with Crippen molar-refractivity contribution < 1.29 is 19.1 Å². The van der Waals surface area contributed by atoms with E-state index in [0.29, 0.717) is 32.2 Å². The molecule has 3 aliphatic heterocycles. The number of morpholine rings is 1. The van der Waals surface area contributed by atoms with E-state index < -0.39 is 0 Å². The quantitative estimate of drug-likeness (QED) is 0.444. The van der Waals surface area contributed by atoms with Gasteiger partial charge in [0.1, 0.15) is 0 Å². The molecule has 0 bridgehead atoms. The number of piperidine rings is 1. The number of ether oxygens (including phenoxy) is 1. The van der Waals surface area contributed by atoms with E-state index in [-0.39, 0.29) is 24.3 Å². The van der Waals surface area contributed by atoms with Crippen molar-refractivity contribution in [3.05, 3.63) is 0 Å². The van der Waals surface area contributed by atoms with Gasteiger partial charge >= 0.3 is 0 Å². The fourth-order valence-corrected chi connectivity index (χ4v) is 4.67. The van der Waals surface area contributed by atoms with Gasteiger partial charge in [0, 0.05) is 78.4 Å². The van der Waals surface area contributed by atoms with Crippen LogP contribution in [0, 0.1) is 0 Å². The second kappa shape index (κ2) is 27.7. The molecular formula is C32H69N7O4. The zero-order chi connectivity index (χ0) is 33.2. The van der Waals surface area contributed by atoms with E-state index in [9.17, 15) is 14.4 Å². The predicted molar refractivity (Wildman–Crippen MR) is 179 cm³/mol. The topological polar surface area (TPSA) is 106 Å². The van der Waals surface area contributed by atoms with Gasteiger partial charge in [-0.3, -0.25) is 24.2 Å². The summed E-state index contributed by atoms with van der Waals surface area (Å²) in [5.41, 5.74) is 5.44. The normalized spacial score (nSPS) is 17.6. The average molecular weight is 616 g/mol. The maximum absolute atomic E-state index is 12.3. The lowest BCUT2D eigenvalue weighted by atomic mass is 10.0. The van der Waals surface area contributed by atoms with Crippen LogP contribution in [0.4, 0.5) is 0 Å². The van der Waals surface area contributed by atoms with Crippen LogP contribution in [-0.4, -0.2) is 166 Å². The minimum atomic E-state index is 0.0601. The molecule has 0 radical (unpaired) electrons. The highest BCUT2D eigenvalue weighted by molar-refractivity contribution is 5.78. The molecule has 0 spiro atoms. The molecule has 3 rings (SSSR count). The van der Waals surface area contributed by atoms with Gasteiger partial charge in [0.2, 0.25) is 17.7 Å². The summed E-state index contributed by atoms with van der Waals surface area (Å²) in [5, 5.41) is 0. The average Bonchev–Trinajstić information content (AvgIpc) is 3.09. The maximum atomic E-state index is 12.3. The lowest BCUT2D eigenvalue weighted by Crippen LogP contribution is -2.55. The highest BCUT2D eigenvalue weighted by atomic mass is 16.5. The fraction of sp³-hybridized carbons (Fsp3) is 0.906. The number of likely N-dealkylation sites (tertiary alicyclic amines) is 1. The molecule has 3 amide bonds. The molecule has 2 N–H and O–H groups in total. The number of hydrogen-bond acceptors (Lipinski definition) is 8. The van der Waals surface area contributed by atoms with Gasteiger partial charge in [-0.05, 0) is 39.9 Å². The van der Waals surface area contributed by atoms with Gasteiger partial charge in [0.25, 0.3) is 0 Å². The third-order valence-corrected chi connectivity index (χ3v) is 7.92. The fourth-order valence-electron chi connectivity index (χ4n) is 4.67. The third kappa shape index (κ3) is 18.6. The van der Waals surface area contributed by atoms with Crippen LogP contribution in [0.1, 0.15) is 74.7 Å². The molecule has 11 heteroatoms. The standard InChI is InChI=1S/C17H31N5O3.C6H13NO.C5H13N.2C2H6/c18-13-16(23)21-3-1-15(2-4-21)20-7-5-19(6-8-20)14-17(24)22-9-11-25-12-10-22;1-4-6(8)7(3)5-2;1-4-6(3)5-2;2*1-2/h15H,1-14,18H2;4-5H2,1-3H3;4-5H2,1-3H3;2*1-2H3. The molecule has 0 aromatic heterocycles. The highest BCUT2D eigenvalue weighted by Crippen LogP contribution is 2.18. The first-order valence-corrected chi connectivity index (χ1v) is 16.9. The Morgan fingerprint density at radius 2 is 1.21 bits per heavy atom. The molecule has 0 atom stereocenters. The zero-order valence-electron chi connectivity index (χ0n) is 29.7. The number of amides is 3. The number of hydrogen-bond donors (Lipinski definition) is 1. The summed E-state index contributed by atoms with van der Waals surface area (Å²) in [4.78, 5) is 47.2. The van der Waals surface area contributed by atoms with Crippen LogP contribution in [0.2, 0.25) is 0 Å². The van der Waals surface area contributed by atoms with Crippen LogP contribution in [0.15, 0.2) is 0 Å². The largest absolute Gasteiger partial charge is 0.378 e. The Hall–Kier alpha value is -1.79. The van der Waals surface area contributed by atoms with Gasteiger partial charge in [-0.25, -0.2) is 0 Å². The molecule has 11 nitrogen and oxygen atoms in total. The second-order valence-corrected chi connectivity index (χ2v) is 10.4. The molecule has 3 saturated heterocycles. The third-order valence-electron chi connectivity index (χ3n) is 7.92. The van der Waals surface area contributed by atoms with Crippen molar-refractivity contribution in [3.63, 3.8) is 0 Å². The van der Waals surface area contributed by atoms with Crippen LogP contribution in [0.25, 0.3) is 0 Å². The Kier molecular flexibility index (Phi) is 28.0. The number of nitrogens with two attached hydrogens (primary N) is 1. The molecule has 256 valence electrons. The number of rotatable bonds is 8. The van der Waals surface area contributed by atoms with Crippen molar-refractivity contribution in [2.24, 2.45) is 5.73 Å². The van der Waals surface area contributed by atoms with Gasteiger partial charge in [0.05, 0.1) is 26.3 Å². The Morgan fingerprint density at radius 1 is 0.721 bits per heavy atom. The van der Waals surface area contributed by atoms with Crippen LogP contribution < -0.4 is 5.73 Å². The van der Waals surface area contributed by atoms with E-state index in [1.165, 1.54) is 0 Å². The molecular weight excluding hydrogens is 546 g/mol. The minimum absolute atomic E-state index is 0.0601. The van der Waals surface area contributed by atoms with E-state index in [1.54, 1.807) is 4.90 Å². The minimum Gasteiger partial charge on any atom is -0.378 e. The van der Waals surface area contributed by atoms with Crippen LogP contribution in [0.3, 0.4) is 0 Å². The molecule has 3 aliphatic rings. The van der Waals surface area contributed by atoms with E-state index in [2.05, 4.69) is 35.6 Å². The SMILES string of the molecule is CC.CC.CCC(=O)N(C)CC.CCN(C)CC.NCC(=O)N1CCC(N2CCN(CC(=O)N3CCOCC3)CC2)CC1. The summed E-state index contributed by atoms with van der Waals surface area (Å²) >= 11 is 0. The summed E-state index contributed by atoms with van der Waals surface area (Å²) in [7, 11) is 3.92. The number of carbonyl (C=O) groups is 3. The first-order valence-electron chi connectivity index (χ1n) is 16.9. The summed E-state index contributed by atoms with van der Waals surface area (Å²) in [6, 6.07) is 0.555. The lowest BCUT2D eigenvalue weighted by molar-refractivity contribution is -0.137. The number of nitrogens with zero attached hydrogens (tertiary/aromatic N) is 6. The van der Waals surface area contributed by atoms with Crippen molar-refractivity contribution >= 4 is 17.7 Å². The predicted octanol–water partition coefficient (Wildman–Crippen LogP) is 2.30. The maximum Gasteiger partial charge on any atom is 0.236 e. The van der Waals surface area contributed by atoms with Crippen molar-refractivity contribution in [2.75, 3.05) is 112 Å². The molecule has 3 heterocycles. The Labute approximate surface area is 265 Å². The first kappa shape index (κ1) is 43.3. The lowest BCUT2D eigenvalue weighted by Gasteiger charge is -2.43. The van der Waals surface area contributed by atoms with E-state index >= 15 is 0 Å². The zero-order valence-corrected chi connectivity index (χ0v) is 29.7. The van der Waals surface area contributed by atoms with E-state index in [1.807, 2.05) is 58.4 Å². The van der Waals surface area contributed by atoms with Gasteiger partial charge in [0.15, 0.2) is 0 Å². The Balaban J connectivity index is 0. The van der Waals surface area contributed by atoms with E-state index in [0.717, 1.165) is 84.8 Å². The number of piperazine rings is 1. The second-order valence-electron chi connectivity index (χ2n) is 10.4. The molecule has 0 aliphatic carbocycles. The van der Waals surface area contributed by atoms with Crippen LogP contribution in [-0.2, 0) is 19.1 Å². The van der Waals surface area contributed by atoms with Gasteiger partial charge in [-0.1, -0.05) is 48.5 Å². The molecule has 43 heavy (non-hydrogen) atoms. The van der Waals surface area contributed by atoms with Crippen molar-refractivity contribution in [1.82, 2.24) is 29.4 Å². The summed E-state index contributed by atoms with van der Waals surface area (Å²) in [6.07, 6.45) is 2.67. The summed E-state index contributed by atoms with van der Waals surface area (Å²) in [5.74, 6) is 0.503. The summed E-state index contributed by atoms with van der Waals surface area (Å²) < 4.78 is 5.30. The van der Waals surface area contributed by atoms with Crippen molar-refractivity contribution in [3.8, 4) is 0 Å². The Bertz CT molecular complexity index is 687. The smallest absolute Gasteiger partial charge is 0.236 e. The van der Waals surface area contributed by atoms with Crippen molar-refractivity contribution in [1.29, 1.82) is 0 Å². The molecule has 3 fully saturated rings. The van der Waals surface area contributed by atoms with Crippen LogP contribution >= 0.6 is 0 Å².